The second-order valence-electron chi connectivity index (χ2n) is 9.20. The number of benzene rings is 1. The molecular weight excluding hydrogens is 340 g/mol. The third-order valence-electron chi connectivity index (χ3n) is 7.60. The predicted molar refractivity (Wildman–Crippen MR) is 117 cm³/mol. The van der Waals surface area contributed by atoms with E-state index in [1.54, 1.807) is 0 Å². The van der Waals surface area contributed by atoms with Crippen molar-refractivity contribution in [2.24, 2.45) is 11.8 Å². The molecule has 0 bridgehead atoms. The Morgan fingerprint density at radius 2 is 1.14 bits per heavy atom. The van der Waals surface area contributed by atoms with Crippen molar-refractivity contribution in [3.63, 3.8) is 0 Å². The van der Waals surface area contributed by atoms with E-state index in [2.05, 4.69) is 38.1 Å². The molecule has 0 spiro atoms. The van der Waals surface area contributed by atoms with Crippen molar-refractivity contribution < 1.29 is 0 Å². The van der Waals surface area contributed by atoms with Crippen LogP contribution in [-0.4, -0.2) is 9.97 Å². The highest BCUT2D eigenvalue weighted by Crippen LogP contribution is 2.38. The van der Waals surface area contributed by atoms with E-state index >= 15 is 0 Å². The summed E-state index contributed by atoms with van der Waals surface area (Å²) in [6, 6.07) is 9.22. The van der Waals surface area contributed by atoms with Crippen LogP contribution in [0.4, 0.5) is 0 Å². The minimum atomic E-state index is 0.567. The molecule has 0 radical (unpaired) electrons. The van der Waals surface area contributed by atoms with Crippen LogP contribution in [0.3, 0.4) is 0 Å². The largest absolute Gasteiger partial charge is 0.240 e. The Bertz CT molecular complexity index is 653. The summed E-state index contributed by atoms with van der Waals surface area (Å²) in [6.07, 6.45) is 17.5. The van der Waals surface area contributed by atoms with Gasteiger partial charge >= 0.3 is 0 Å². The van der Waals surface area contributed by atoms with Crippen LogP contribution in [0.1, 0.15) is 101 Å². The van der Waals surface area contributed by atoms with Gasteiger partial charge in [0.05, 0.1) is 0 Å². The van der Waals surface area contributed by atoms with Gasteiger partial charge in [0, 0.05) is 23.9 Å². The lowest BCUT2D eigenvalue weighted by Crippen LogP contribution is -2.14. The van der Waals surface area contributed by atoms with Gasteiger partial charge in [-0.25, -0.2) is 9.97 Å². The van der Waals surface area contributed by atoms with Gasteiger partial charge in [-0.15, -0.1) is 0 Å². The SMILES string of the molecule is CC[C@H]1CC[C@H](c2ccc(-c3cnc([C@H]4CC[C@H](CC)CC4)nc3)cc2)CC1. The van der Waals surface area contributed by atoms with Gasteiger partial charge in [0.1, 0.15) is 5.82 Å². The molecule has 2 nitrogen and oxygen atoms in total. The Morgan fingerprint density at radius 1 is 0.643 bits per heavy atom. The Labute approximate surface area is 171 Å². The van der Waals surface area contributed by atoms with Crippen LogP contribution < -0.4 is 0 Å². The maximum Gasteiger partial charge on any atom is 0.131 e. The van der Waals surface area contributed by atoms with Crippen LogP contribution in [0.15, 0.2) is 36.7 Å². The topological polar surface area (TPSA) is 25.8 Å². The Morgan fingerprint density at radius 3 is 1.64 bits per heavy atom. The molecule has 2 aromatic rings. The summed E-state index contributed by atoms with van der Waals surface area (Å²) >= 11 is 0. The van der Waals surface area contributed by atoms with Crippen LogP contribution in [0.25, 0.3) is 11.1 Å². The summed E-state index contributed by atoms with van der Waals surface area (Å²) in [5.74, 6) is 4.27. The molecule has 0 N–H and O–H groups in total. The molecule has 0 amide bonds. The third-order valence-corrected chi connectivity index (χ3v) is 7.60. The highest BCUT2D eigenvalue weighted by atomic mass is 14.9. The van der Waals surface area contributed by atoms with Crippen LogP contribution in [0, 0.1) is 11.8 Å². The van der Waals surface area contributed by atoms with Crippen LogP contribution in [0.2, 0.25) is 0 Å². The molecule has 1 aromatic heterocycles. The molecule has 2 fully saturated rings. The van der Waals surface area contributed by atoms with Gasteiger partial charge < -0.3 is 0 Å². The fourth-order valence-electron chi connectivity index (χ4n) is 5.38. The van der Waals surface area contributed by atoms with Crippen molar-refractivity contribution in [2.75, 3.05) is 0 Å². The van der Waals surface area contributed by atoms with Crippen molar-refractivity contribution in [3.05, 3.63) is 48.0 Å². The molecule has 150 valence electrons. The van der Waals surface area contributed by atoms with E-state index < -0.39 is 0 Å². The number of nitrogens with zero attached hydrogens (tertiary/aromatic N) is 2. The van der Waals surface area contributed by atoms with Crippen molar-refractivity contribution in [1.82, 2.24) is 9.97 Å². The fraction of sp³-hybridized carbons (Fsp3) is 0.615. The minimum Gasteiger partial charge on any atom is -0.240 e. The van der Waals surface area contributed by atoms with Crippen molar-refractivity contribution in [2.45, 2.75) is 89.9 Å². The van der Waals surface area contributed by atoms with E-state index in [0.29, 0.717) is 5.92 Å². The van der Waals surface area contributed by atoms with Gasteiger partial charge in [-0.2, -0.15) is 0 Å². The summed E-state index contributed by atoms with van der Waals surface area (Å²) in [4.78, 5) is 9.50. The van der Waals surface area contributed by atoms with Crippen molar-refractivity contribution >= 4 is 0 Å². The summed E-state index contributed by atoms with van der Waals surface area (Å²) in [6.45, 7) is 4.65. The first-order valence-electron chi connectivity index (χ1n) is 11.7. The molecular formula is C26H36N2. The predicted octanol–water partition coefficient (Wildman–Crippen LogP) is 7.51. The highest BCUT2D eigenvalue weighted by Gasteiger charge is 2.23. The highest BCUT2D eigenvalue weighted by molar-refractivity contribution is 5.61. The smallest absolute Gasteiger partial charge is 0.131 e. The molecule has 2 aliphatic carbocycles. The van der Waals surface area contributed by atoms with Gasteiger partial charge in [0.15, 0.2) is 0 Å². The standard InChI is InChI=1S/C26H36N2/c1-3-19-5-9-21(10-6-19)22-13-15-23(16-14-22)25-17-27-26(28-18-25)24-11-7-20(4-2)8-12-24/h13-21,24H,3-12H2,1-2H3/t19-,20-,21-,24-. The average molecular weight is 377 g/mol. The lowest BCUT2D eigenvalue weighted by molar-refractivity contribution is 0.312. The number of aromatic nitrogens is 2. The second-order valence-corrected chi connectivity index (χ2v) is 9.20. The van der Waals surface area contributed by atoms with E-state index in [1.807, 2.05) is 12.4 Å². The zero-order valence-corrected chi connectivity index (χ0v) is 17.7. The first-order chi connectivity index (χ1) is 13.8. The molecule has 1 heterocycles. The summed E-state index contributed by atoms with van der Waals surface area (Å²) in [7, 11) is 0. The van der Waals surface area contributed by atoms with Gasteiger partial charge in [0.2, 0.25) is 0 Å². The van der Waals surface area contributed by atoms with E-state index in [9.17, 15) is 0 Å². The zero-order valence-electron chi connectivity index (χ0n) is 17.7. The van der Waals surface area contributed by atoms with Crippen molar-refractivity contribution in [1.29, 1.82) is 0 Å². The average Bonchev–Trinajstić information content (AvgIpc) is 2.79. The summed E-state index contributed by atoms with van der Waals surface area (Å²) in [5.41, 5.74) is 3.91. The van der Waals surface area contributed by atoms with Crippen LogP contribution in [-0.2, 0) is 0 Å². The number of hydrogen-bond acceptors (Lipinski definition) is 2. The number of rotatable bonds is 5. The lowest BCUT2D eigenvalue weighted by Gasteiger charge is -2.28. The Hall–Kier alpha value is -1.70. The first kappa shape index (κ1) is 19.6. The number of hydrogen-bond donors (Lipinski definition) is 0. The summed E-state index contributed by atoms with van der Waals surface area (Å²) < 4.78 is 0. The Kier molecular flexibility index (Phi) is 6.44. The molecule has 1 aromatic carbocycles. The van der Waals surface area contributed by atoms with E-state index in [4.69, 9.17) is 9.97 Å². The molecule has 0 unspecified atom stereocenters. The molecule has 2 aliphatic rings. The molecule has 0 atom stereocenters. The minimum absolute atomic E-state index is 0.567. The maximum atomic E-state index is 4.75. The van der Waals surface area contributed by atoms with E-state index in [1.165, 1.54) is 75.3 Å². The molecule has 2 saturated carbocycles. The Balaban J connectivity index is 1.38. The normalized spacial score (nSPS) is 28.2. The molecule has 0 aliphatic heterocycles. The molecule has 4 rings (SSSR count). The van der Waals surface area contributed by atoms with Gasteiger partial charge in [-0.3, -0.25) is 0 Å². The molecule has 2 heteroatoms. The second kappa shape index (κ2) is 9.20. The summed E-state index contributed by atoms with van der Waals surface area (Å²) in [5, 5.41) is 0. The maximum absolute atomic E-state index is 4.75. The monoisotopic (exact) mass is 376 g/mol. The van der Waals surface area contributed by atoms with E-state index in [0.717, 1.165) is 29.1 Å². The first-order valence-corrected chi connectivity index (χ1v) is 11.7. The lowest BCUT2D eigenvalue weighted by atomic mass is 9.78. The van der Waals surface area contributed by atoms with E-state index in [-0.39, 0.29) is 0 Å². The molecule has 0 saturated heterocycles. The van der Waals surface area contributed by atoms with Crippen molar-refractivity contribution in [3.8, 4) is 11.1 Å². The van der Waals surface area contributed by atoms with Crippen LogP contribution in [0.5, 0.6) is 0 Å². The quantitative estimate of drug-likeness (QED) is 0.539. The zero-order chi connectivity index (χ0) is 19.3. The van der Waals surface area contributed by atoms with Gasteiger partial charge in [-0.05, 0) is 80.2 Å². The third kappa shape index (κ3) is 4.47. The molecule has 28 heavy (non-hydrogen) atoms. The van der Waals surface area contributed by atoms with Gasteiger partial charge in [-0.1, -0.05) is 51.0 Å². The van der Waals surface area contributed by atoms with Crippen LogP contribution >= 0.6 is 0 Å². The van der Waals surface area contributed by atoms with Gasteiger partial charge in [0.25, 0.3) is 0 Å². The fourth-order valence-corrected chi connectivity index (χ4v) is 5.38.